The van der Waals surface area contributed by atoms with Crippen LogP contribution < -0.4 is 15.6 Å². The first-order chi connectivity index (χ1) is 16.3. The Hall–Kier alpha value is -3.65. The minimum Gasteiger partial charge on any atom is -0.453 e. The predicted molar refractivity (Wildman–Crippen MR) is 133 cm³/mol. The first-order valence-corrected chi connectivity index (χ1v) is 11.5. The van der Waals surface area contributed by atoms with Crippen LogP contribution in [0.25, 0.3) is 0 Å². The van der Waals surface area contributed by atoms with E-state index in [0.29, 0.717) is 41.8 Å². The van der Waals surface area contributed by atoms with Gasteiger partial charge in [0.1, 0.15) is 5.75 Å². The Kier molecular flexibility index (Phi) is 6.98. The Morgan fingerprint density at radius 2 is 1.74 bits per heavy atom. The summed E-state index contributed by atoms with van der Waals surface area (Å²) in [5.74, 6) is 1.33. The number of aromatic nitrogens is 2. The third kappa shape index (κ3) is 5.28. The summed E-state index contributed by atoms with van der Waals surface area (Å²) in [5, 5.41) is 7.27. The van der Waals surface area contributed by atoms with Gasteiger partial charge in [0.25, 0.3) is 11.5 Å². The molecule has 1 saturated heterocycles. The lowest BCUT2D eigenvalue weighted by atomic mass is 10.0. The maximum absolute atomic E-state index is 13.0. The minimum absolute atomic E-state index is 0.0129. The van der Waals surface area contributed by atoms with Crippen molar-refractivity contribution in [3.8, 4) is 11.5 Å². The first kappa shape index (κ1) is 23.5. The molecule has 8 heteroatoms. The third-order valence-electron chi connectivity index (χ3n) is 6.05. The van der Waals surface area contributed by atoms with Gasteiger partial charge < -0.3 is 19.9 Å². The van der Waals surface area contributed by atoms with Gasteiger partial charge >= 0.3 is 0 Å². The highest BCUT2D eigenvalue weighted by Crippen LogP contribution is 2.29. The Balaban J connectivity index is 1.58. The van der Waals surface area contributed by atoms with E-state index in [4.69, 9.17) is 4.74 Å². The van der Waals surface area contributed by atoms with Crippen molar-refractivity contribution in [3.05, 3.63) is 76.2 Å². The molecule has 0 saturated carbocycles. The van der Waals surface area contributed by atoms with Gasteiger partial charge in [0.15, 0.2) is 11.4 Å². The van der Waals surface area contributed by atoms with E-state index >= 15 is 0 Å². The van der Waals surface area contributed by atoms with Gasteiger partial charge in [-0.2, -0.15) is 5.10 Å². The Morgan fingerprint density at radius 1 is 1.03 bits per heavy atom. The number of likely N-dealkylation sites (N-methyl/N-ethyl adjacent to an activating group) is 1. The SMILES string of the molecule is CC(C)c1ccc(Oc2cnn(C)c(=O)c2Nc2cccc(C(=O)N3CCN(C)CC3)c2)cc1. The molecule has 8 nitrogen and oxygen atoms in total. The van der Waals surface area contributed by atoms with Gasteiger partial charge in [-0.25, -0.2) is 4.68 Å². The molecule has 0 radical (unpaired) electrons. The van der Waals surface area contributed by atoms with Crippen LogP contribution in [-0.4, -0.2) is 58.7 Å². The highest BCUT2D eigenvalue weighted by molar-refractivity contribution is 5.95. The fourth-order valence-corrected chi connectivity index (χ4v) is 3.83. The van der Waals surface area contributed by atoms with Crippen molar-refractivity contribution in [2.24, 2.45) is 7.05 Å². The molecule has 1 fully saturated rings. The second kappa shape index (κ2) is 10.1. The second-order valence-electron chi connectivity index (χ2n) is 8.94. The average Bonchev–Trinajstić information content (AvgIpc) is 2.84. The quantitative estimate of drug-likeness (QED) is 0.601. The van der Waals surface area contributed by atoms with Crippen LogP contribution in [0.4, 0.5) is 11.4 Å². The number of hydrogen-bond acceptors (Lipinski definition) is 6. The van der Waals surface area contributed by atoms with Crippen LogP contribution >= 0.6 is 0 Å². The van der Waals surface area contributed by atoms with E-state index in [-0.39, 0.29) is 17.2 Å². The highest BCUT2D eigenvalue weighted by atomic mass is 16.5. The molecule has 0 unspecified atom stereocenters. The molecule has 4 rings (SSSR count). The molecule has 0 spiro atoms. The predicted octanol–water partition coefficient (Wildman–Crippen LogP) is 3.83. The van der Waals surface area contributed by atoms with Gasteiger partial charge in [-0.3, -0.25) is 9.59 Å². The molecular formula is C26H31N5O3. The number of rotatable bonds is 6. The number of amides is 1. The lowest BCUT2D eigenvalue weighted by molar-refractivity contribution is 0.0664. The van der Waals surface area contributed by atoms with Crippen molar-refractivity contribution < 1.29 is 9.53 Å². The minimum atomic E-state index is -0.327. The Bertz CT molecular complexity index is 1210. The van der Waals surface area contributed by atoms with E-state index < -0.39 is 0 Å². The van der Waals surface area contributed by atoms with E-state index in [1.165, 1.54) is 16.4 Å². The standard InChI is InChI=1S/C26H31N5O3/c1-18(2)19-8-10-22(11-9-19)34-23-17-27-30(4)26(33)24(23)28-21-7-5-6-20(16-21)25(32)31-14-12-29(3)13-15-31/h5-11,16-18,28H,12-15H2,1-4H3. The summed E-state index contributed by atoms with van der Waals surface area (Å²) in [6.45, 7) is 7.37. The van der Waals surface area contributed by atoms with Crippen molar-refractivity contribution in [3.63, 3.8) is 0 Å². The van der Waals surface area contributed by atoms with Crippen LogP contribution in [0.1, 0.15) is 35.7 Å². The number of carbonyl (C=O) groups is 1. The van der Waals surface area contributed by atoms with Crippen LogP contribution in [0.3, 0.4) is 0 Å². The molecular weight excluding hydrogens is 430 g/mol. The van der Waals surface area contributed by atoms with Crippen molar-refractivity contribution in [2.75, 3.05) is 38.5 Å². The molecule has 2 aromatic carbocycles. The average molecular weight is 462 g/mol. The molecule has 1 aliphatic heterocycles. The summed E-state index contributed by atoms with van der Waals surface area (Å²) in [7, 11) is 3.64. The van der Waals surface area contributed by atoms with Gasteiger partial charge in [0, 0.05) is 44.5 Å². The maximum Gasteiger partial charge on any atom is 0.294 e. The van der Waals surface area contributed by atoms with E-state index in [0.717, 1.165) is 13.1 Å². The van der Waals surface area contributed by atoms with Gasteiger partial charge in [0.2, 0.25) is 0 Å². The number of carbonyl (C=O) groups excluding carboxylic acids is 1. The van der Waals surface area contributed by atoms with Gasteiger partial charge in [-0.1, -0.05) is 32.0 Å². The Morgan fingerprint density at radius 3 is 2.41 bits per heavy atom. The van der Waals surface area contributed by atoms with Crippen LogP contribution in [0, 0.1) is 0 Å². The fraction of sp³-hybridized carbons (Fsp3) is 0.346. The van der Waals surface area contributed by atoms with Crippen LogP contribution in [0.15, 0.2) is 59.5 Å². The molecule has 0 aliphatic carbocycles. The molecule has 1 aliphatic rings. The molecule has 1 amide bonds. The summed E-state index contributed by atoms with van der Waals surface area (Å²) in [6.07, 6.45) is 1.51. The van der Waals surface area contributed by atoms with Crippen LogP contribution in [-0.2, 0) is 7.05 Å². The Labute approximate surface area is 199 Å². The summed E-state index contributed by atoms with van der Waals surface area (Å²) < 4.78 is 7.26. The number of ether oxygens (including phenoxy) is 1. The number of benzene rings is 2. The second-order valence-corrected chi connectivity index (χ2v) is 8.94. The van der Waals surface area contributed by atoms with Crippen molar-refractivity contribution >= 4 is 17.3 Å². The van der Waals surface area contributed by atoms with Crippen molar-refractivity contribution in [2.45, 2.75) is 19.8 Å². The van der Waals surface area contributed by atoms with Crippen LogP contribution in [0.2, 0.25) is 0 Å². The number of nitrogens with zero attached hydrogens (tertiary/aromatic N) is 4. The number of nitrogens with one attached hydrogen (secondary N) is 1. The summed E-state index contributed by atoms with van der Waals surface area (Å²) in [6, 6.07) is 15.0. The number of aryl methyl sites for hydroxylation is 1. The summed E-state index contributed by atoms with van der Waals surface area (Å²) >= 11 is 0. The smallest absolute Gasteiger partial charge is 0.294 e. The first-order valence-electron chi connectivity index (χ1n) is 11.5. The zero-order valence-electron chi connectivity index (χ0n) is 20.1. The largest absolute Gasteiger partial charge is 0.453 e. The topological polar surface area (TPSA) is 79.7 Å². The van der Waals surface area contributed by atoms with E-state index in [9.17, 15) is 9.59 Å². The number of anilines is 2. The molecule has 3 aromatic rings. The monoisotopic (exact) mass is 461 g/mol. The lowest BCUT2D eigenvalue weighted by Crippen LogP contribution is -2.47. The maximum atomic E-state index is 13.0. The van der Waals surface area contributed by atoms with Gasteiger partial charge in [0.05, 0.1) is 6.20 Å². The lowest BCUT2D eigenvalue weighted by Gasteiger charge is -2.32. The molecule has 1 aromatic heterocycles. The van der Waals surface area contributed by atoms with Crippen LogP contribution in [0.5, 0.6) is 11.5 Å². The molecule has 1 N–H and O–H groups in total. The van der Waals surface area contributed by atoms with Gasteiger partial charge in [-0.15, -0.1) is 0 Å². The molecule has 2 heterocycles. The van der Waals surface area contributed by atoms with Gasteiger partial charge in [-0.05, 0) is 48.9 Å². The number of piperazine rings is 1. The molecule has 0 bridgehead atoms. The molecule has 0 atom stereocenters. The fourth-order valence-electron chi connectivity index (χ4n) is 3.83. The third-order valence-corrected chi connectivity index (χ3v) is 6.05. The number of hydrogen-bond donors (Lipinski definition) is 1. The van der Waals surface area contributed by atoms with E-state index in [2.05, 4.69) is 36.2 Å². The van der Waals surface area contributed by atoms with E-state index in [1.54, 1.807) is 19.2 Å². The summed E-state index contributed by atoms with van der Waals surface area (Å²) in [4.78, 5) is 30.0. The van der Waals surface area contributed by atoms with E-state index in [1.807, 2.05) is 41.3 Å². The molecule has 34 heavy (non-hydrogen) atoms. The summed E-state index contributed by atoms with van der Waals surface area (Å²) in [5.41, 5.74) is 2.34. The zero-order valence-corrected chi connectivity index (χ0v) is 20.1. The molecule has 178 valence electrons. The highest BCUT2D eigenvalue weighted by Gasteiger charge is 2.21. The van der Waals surface area contributed by atoms with Crippen molar-refractivity contribution in [1.82, 2.24) is 19.6 Å². The van der Waals surface area contributed by atoms with Crippen molar-refractivity contribution in [1.29, 1.82) is 0 Å². The normalized spacial score (nSPS) is 14.3. The zero-order chi connectivity index (χ0) is 24.2.